The minimum atomic E-state index is -2.04. The van der Waals surface area contributed by atoms with E-state index < -0.39 is 13.3 Å². The standard InChI is InChI=1S/C30H33GeNS/c1-18-9-11-20-16-21(17-25(24(20)15-18)30(3,4)5)27-29-23(13-14-32-27)22-12-10-19(2)26(28(22)33-29)31(6,7)8/h9-17H,1-8H3. The minimum absolute atomic E-state index is 0.0557. The fourth-order valence-electron chi connectivity index (χ4n) is 5.23. The molecule has 0 aliphatic rings. The van der Waals surface area contributed by atoms with Crippen molar-refractivity contribution in [1.82, 2.24) is 4.98 Å². The third kappa shape index (κ3) is 3.81. The van der Waals surface area contributed by atoms with Crippen LogP contribution in [0.3, 0.4) is 0 Å². The number of benzene rings is 3. The molecule has 0 amide bonds. The number of fused-ring (bicyclic) bond motifs is 4. The van der Waals surface area contributed by atoms with Crippen LogP contribution in [0.5, 0.6) is 0 Å². The molecule has 0 spiro atoms. The molecule has 0 N–H and O–H groups in total. The van der Waals surface area contributed by atoms with Gasteiger partial charge >= 0.3 is 205 Å². The molecule has 0 saturated heterocycles. The topological polar surface area (TPSA) is 12.9 Å². The summed E-state index contributed by atoms with van der Waals surface area (Å²) in [5.41, 5.74) is 6.55. The number of hydrogen-bond donors (Lipinski definition) is 0. The van der Waals surface area contributed by atoms with Gasteiger partial charge in [-0.25, -0.2) is 0 Å². The first-order valence-electron chi connectivity index (χ1n) is 11.8. The van der Waals surface area contributed by atoms with Crippen molar-refractivity contribution in [2.24, 2.45) is 0 Å². The van der Waals surface area contributed by atoms with E-state index in [1.165, 1.54) is 53.2 Å². The summed E-state index contributed by atoms with van der Waals surface area (Å²) in [6, 6.07) is 18.4. The maximum atomic E-state index is 4.96. The molecule has 33 heavy (non-hydrogen) atoms. The Bertz CT molecular complexity index is 1540. The third-order valence-electron chi connectivity index (χ3n) is 6.71. The summed E-state index contributed by atoms with van der Waals surface area (Å²) in [4.78, 5) is 4.96. The van der Waals surface area contributed by atoms with Crippen LogP contribution in [0.2, 0.25) is 17.3 Å². The number of aromatic nitrogens is 1. The van der Waals surface area contributed by atoms with Gasteiger partial charge in [0.2, 0.25) is 0 Å². The van der Waals surface area contributed by atoms with Gasteiger partial charge < -0.3 is 0 Å². The monoisotopic (exact) mass is 513 g/mol. The van der Waals surface area contributed by atoms with Crippen LogP contribution in [-0.4, -0.2) is 18.3 Å². The Balaban J connectivity index is 1.86. The number of aryl methyl sites for hydroxylation is 2. The van der Waals surface area contributed by atoms with E-state index in [2.05, 4.69) is 100 Å². The Morgan fingerprint density at radius 3 is 2.21 bits per heavy atom. The van der Waals surface area contributed by atoms with Gasteiger partial charge in [0.15, 0.2) is 0 Å². The van der Waals surface area contributed by atoms with Gasteiger partial charge in [0.25, 0.3) is 0 Å². The molecule has 168 valence electrons. The number of rotatable bonds is 2. The van der Waals surface area contributed by atoms with E-state index in [0.29, 0.717) is 0 Å². The zero-order valence-corrected chi connectivity index (χ0v) is 24.0. The Morgan fingerprint density at radius 1 is 0.788 bits per heavy atom. The molecule has 5 rings (SSSR count). The van der Waals surface area contributed by atoms with Gasteiger partial charge in [0.1, 0.15) is 0 Å². The fraction of sp³-hybridized carbons (Fsp3) is 0.300. The van der Waals surface area contributed by atoms with E-state index in [1.54, 1.807) is 4.40 Å². The Morgan fingerprint density at radius 2 is 1.52 bits per heavy atom. The van der Waals surface area contributed by atoms with Crippen LogP contribution >= 0.6 is 11.3 Å². The van der Waals surface area contributed by atoms with E-state index in [0.717, 1.165) is 5.69 Å². The van der Waals surface area contributed by atoms with Crippen molar-refractivity contribution in [1.29, 1.82) is 0 Å². The Kier molecular flexibility index (Phi) is 5.26. The SMILES string of the molecule is Cc1ccc2cc(-c3nccc4c3sc3[c]([Ge]([CH3])([CH3])[CH3])c(C)ccc34)cc(C(C)(C)C)c2c1. The van der Waals surface area contributed by atoms with Crippen LogP contribution < -0.4 is 4.40 Å². The maximum absolute atomic E-state index is 4.96. The van der Waals surface area contributed by atoms with Gasteiger partial charge in [-0.2, -0.15) is 0 Å². The molecule has 0 aliphatic carbocycles. The van der Waals surface area contributed by atoms with Crippen LogP contribution in [0.4, 0.5) is 0 Å². The molecule has 0 fully saturated rings. The number of pyridine rings is 1. The van der Waals surface area contributed by atoms with Gasteiger partial charge in [-0.1, -0.05) is 0 Å². The summed E-state index contributed by atoms with van der Waals surface area (Å²) in [7, 11) is 0. The zero-order chi connectivity index (χ0) is 23.7. The molecule has 3 aromatic carbocycles. The molecule has 2 aromatic heterocycles. The molecule has 0 atom stereocenters. The first-order valence-corrected chi connectivity index (χ1v) is 20.0. The summed E-state index contributed by atoms with van der Waals surface area (Å²) in [5.74, 6) is 7.52. The zero-order valence-electron chi connectivity index (χ0n) is 21.1. The van der Waals surface area contributed by atoms with Gasteiger partial charge in [0.05, 0.1) is 0 Å². The van der Waals surface area contributed by atoms with E-state index in [-0.39, 0.29) is 5.41 Å². The second-order valence-corrected chi connectivity index (χ2v) is 23.0. The van der Waals surface area contributed by atoms with Crippen molar-refractivity contribution in [3.63, 3.8) is 0 Å². The molecule has 0 saturated carbocycles. The summed E-state index contributed by atoms with van der Waals surface area (Å²) < 4.78 is 4.44. The first kappa shape index (κ1) is 22.6. The molecule has 1 nitrogen and oxygen atoms in total. The Labute approximate surface area is 204 Å². The first-order chi connectivity index (χ1) is 15.4. The van der Waals surface area contributed by atoms with E-state index >= 15 is 0 Å². The van der Waals surface area contributed by atoms with Crippen molar-refractivity contribution in [2.45, 2.75) is 57.3 Å². The molecule has 3 heteroatoms. The molecule has 0 bridgehead atoms. The quantitative estimate of drug-likeness (QED) is 0.216. The van der Waals surface area contributed by atoms with Gasteiger partial charge in [0, 0.05) is 0 Å². The molecule has 5 aromatic rings. The average molecular weight is 512 g/mol. The van der Waals surface area contributed by atoms with Crippen LogP contribution in [-0.2, 0) is 5.41 Å². The number of hydrogen-bond acceptors (Lipinski definition) is 2. The predicted molar refractivity (Wildman–Crippen MR) is 151 cm³/mol. The second-order valence-electron chi connectivity index (χ2n) is 11.5. The molecular formula is C30H33GeNS. The summed E-state index contributed by atoms with van der Waals surface area (Å²) in [5, 5.41) is 5.39. The van der Waals surface area contributed by atoms with Gasteiger partial charge in [-0.05, 0) is 0 Å². The van der Waals surface area contributed by atoms with Crippen molar-refractivity contribution < 1.29 is 0 Å². The predicted octanol–water partition coefficient (Wildman–Crippen LogP) is 8.73. The fourth-order valence-corrected chi connectivity index (χ4v) is 12.8. The van der Waals surface area contributed by atoms with Crippen molar-refractivity contribution >= 4 is 59.9 Å². The average Bonchev–Trinajstić information content (AvgIpc) is 3.09. The molecule has 0 radical (unpaired) electrons. The molecule has 2 heterocycles. The van der Waals surface area contributed by atoms with Crippen LogP contribution in [0.25, 0.3) is 42.2 Å². The molecule has 0 unspecified atom stereocenters. The van der Waals surface area contributed by atoms with E-state index in [9.17, 15) is 0 Å². The number of thiophene rings is 1. The van der Waals surface area contributed by atoms with Crippen molar-refractivity contribution in [3.8, 4) is 11.3 Å². The van der Waals surface area contributed by atoms with Crippen LogP contribution in [0.15, 0.2) is 54.7 Å². The van der Waals surface area contributed by atoms with Crippen molar-refractivity contribution in [2.75, 3.05) is 0 Å². The third-order valence-corrected chi connectivity index (χ3v) is 12.8. The summed E-state index contributed by atoms with van der Waals surface area (Å²) in [6.45, 7) is 11.4. The second kappa shape index (κ2) is 7.68. The van der Waals surface area contributed by atoms with Gasteiger partial charge in [-0.15, -0.1) is 0 Å². The summed E-state index contributed by atoms with van der Waals surface area (Å²) in [6.07, 6.45) is 2.00. The normalized spacial score (nSPS) is 12.8. The van der Waals surface area contributed by atoms with E-state index in [4.69, 9.17) is 4.98 Å². The Hall–Kier alpha value is -2.17. The van der Waals surface area contributed by atoms with Crippen LogP contribution in [0.1, 0.15) is 37.5 Å². The van der Waals surface area contributed by atoms with Crippen molar-refractivity contribution in [3.05, 3.63) is 71.4 Å². The molecule has 0 aliphatic heterocycles. The van der Waals surface area contributed by atoms with Crippen LogP contribution in [0, 0.1) is 13.8 Å². The van der Waals surface area contributed by atoms with E-state index in [1.807, 2.05) is 17.5 Å². The number of nitrogens with zero attached hydrogens (tertiary/aromatic N) is 1. The van der Waals surface area contributed by atoms with Gasteiger partial charge in [-0.3, -0.25) is 0 Å². The summed E-state index contributed by atoms with van der Waals surface area (Å²) >= 11 is -0.0850. The molecular weight excluding hydrogens is 479 g/mol.